The predicted molar refractivity (Wildman–Crippen MR) is 112 cm³/mol. The summed E-state index contributed by atoms with van der Waals surface area (Å²) in [7, 11) is 1.67. The summed E-state index contributed by atoms with van der Waals surface area (Å²) < 4.78 is 27.6. The minimum Gasteiger partial charge on any atom is -0.467 e. The molecule has 1 fully saturated rings. The second-order valence-corrected chi connectivity index (χ2v) is 8.16. The molecule has 0 radical (unpaired) electrons. The number of fused-ring (bicyclic) bond motifs is 1. The van der Waals surface area contributed by atoms with E-state index >= 15 is 4.39 Å². The molecule has 10 nitrogen and oxygen atoms in total. The van der Waals surface area contributed by atoms with Gasteiger partial charge in [0.25, 0.3) is 0 Å². The maximum absolute atomic E-state index is 15.6. The van der Waals surface area contributed by atoms with E-state index < -0.39 is 23.2 Å². The Morgan fingerprint density at radius 3 is 2.87 bits per heavy atom. The van der Waals surface area contributed by atoms with E-state index in [-0.39, 0.29) is 52.6 Å². The zero-order chi connectivity index (χ0) is 22.0. The number of hydrogen-bond donors (Lipinski definition) is 3. The van der Waals surface area contributed by atoms with Crippen LogP contribution in [0.25, 0.3) is 10.9 Å². The Balaban J connectivity index is 1.74. The number of halogens is 1. The van der Waals surface area contributed by atoms with Crippen LogP contribution < -0.4 is 36.3 Å². The molecule has 3 atom stereocenters. The van der Waals surface area contributed by atoms with Crippen LogP contribution in [0.5, 0.6) is 11.5 Å². The molecule has 2 aromatic rings. The summed E-state index contributed by atoms with van der Waals surface area (Å²) in [6.07, 6.45) is 4.53. The van der Waals surface area contributed by atoms with Gasteiger partial charge in [-0.2, -0.15) is 0 Å². The lowest BCUT2D eigenvalue weighted by atomic mass is 9.83. The van der Waals surface area contributed by atoms with Crippen molar-refractivity contribution < 1.29 is 23.8 Å². The van der Waals surface area contributed by atoms with E-state index in [0.717, 1.165) is 6.42 Å². The molecule has 5 rings (SSSR count). The van der Waals surface area contributed by atoms with Gasteiger partial charge in [0, 0.05) is 32.1 Å². The van der Waals surface area contributed by atoms with Gasteiger partial charge >= 0.3 is 6.16 Å². The maximum atomic E-state index is 15.6. The van der Waals surface area contributed by atoms with Gasteiger partial charge in [-0.1, -0.05) is 12.2 Å². The number of hydrogen-bond acceptors (Lipinski definition) is 8. The molecule has 164 valence electrons. The molecule has 2 aliphatic heterocycles. The highest BCUT2D eigenvalue weighted by Crippen LogP contribution is 2.46. The molecule has 1 aromatic carbocycles. The van der Waals surface area contributed by atoms with Gasteiger partial charge in [-0.25, -0.2) is 9.18 Å². The number of pyridine rings is 1. The molecule has 0 spiro atoms. The number of ether oxygens (including phenoxy) is 2. The largest absolute Gasteiger partial charge is 0.511 e. The van der Waals surface area contributed by atoms with Crippen LogP contribution in [0.15, 0.2) is 23.1 Å². The first-order valence-electron chi connectivity index (χ1n) is 9.90. The van der Waals surface area contributed by atoms with Gasteiger partial charge in [-0.15, -0.1) is 0 Å². The summed E-state index contributed by atoms with van der Waals surface area (Å²) in [6, 6.07) is -0.0156. The SMILES string of the molecule is CN1COc2c(N3CC4C=CCC(N)C4C3)c(F)c(N)c3c(=O)c(OC(=O)O)cn1c23. The summed E-state index contributed by atoms with van der Waals surface area (Å²) in [5, 5.41) is 10.4. The van der Waals surface area contributed by atoms with Crippen LogP contribution in [0, 0.1) is 17.7 Å². The molecular formula is C20H22FN5O5. The second kappa shape index (κ2) is 6.77. The standard InChI is InChI=1S/C20H22FN5O5/c1-24-8-30-19-16-13(18(27)12(7-26(16)24)31-20(28)29)15(23)14(21)17(19)25-5-9-3-2-4-11(22)10(9)6-25/h2-3,7,9-11H,4-6,8,22-23H2,1H3,(H,28,29). The Bertz CT molecular complexity index is 1200. The highest BCUT2D eigenvalue weighted by atomic mass is 19.1. The first kappa shape index (κ1) is 19.5. The molecule has 5 N–H and O–H groups in total. The van der Waals surface area contributed by atoms with Crippen LogP contribution in [-0.2, 0) is 0 Å². The normalized spacial score (nSPS) is 24.3. The first-order valence-corrected chi connectivity index (χ1v) is 9.90. The molecule has 0 amide bonds. The van der Waals surface area contributed by atoms with Crippen LogP contribution in [-0.4, -0.2) is 48.8 Å². The van der Waals surface area contributed by atoms with Crippen LogP contribution in [0.4, 0.5) is 20.6 Å². The average molecular weight is 431 g/mol. The number of carbonyl (C=O) groups is 1. The van der Waals surface area contributed by atoms with Crippen molar-refractivity contribution >= 4 is 28.4 Å². The van der Waals surface area contributed by atoms with Crippen LogP contribution >= 0.6 is 0 Å². The third kappa shape index (κ3) is 2.80. The third-order valence-corrected chi connectivity index (χ3v) is 6.33. The van der Waals surface area contributed by atoms with E-state index in [9.17, 15) is 9.59 Å². The van der Waals surface area contributed by atoms with Crippen LogP contribution in [0.3, 0.4) is 0 Å². The van der Waals surface area contributed by atoms with E-state index in [2.05, 4.69) is 16.9 Å². The molecule has 31 heavy (non-hydrogen) atoms. The van der Waals surface area contributed by atoms with Crippen molar-refractivity contribution in [3.05, 3.63) is 34.4 Å². The van der Waals surface area contributed by atoms with Crippen LogP contribution in [0.1, 0.15) is 6.42 Å². The van der Waals surface area contributed by atoms with Gasteiger partial charge in [0.05, 0.1) is 17.3 Å². The number of aromatic nitrogens is 1. The monoisotopic (exact) mass is 431 g/mol. The quantitative estimate of drug-likeness (QED) is 0.362. The number of rotatable bonds is 2. The van der Waals surface area contributed by atoms with Gasteiger partial charge in [-0.05, 0) is 12.3 Å². The van der Waals surface area contributed by atoms with Crippen LogP contribution in [0.2, 0.25) is 0 Å². The molecule has 3 heterocycles. The van der Waals surface area contributed by atoms with Crippen molar-refractivity contribution in [2.75, 3.05) is 42.5 Å². The van der Waals surface area contributed by atoms with Crippen molar-refractivity contribution in [1.82, 2.24) is 4.68 Å². The molecule has 3 aliphatic rings. The van der Waals surface area contributed by atoms with Gasteiger partial charge in [0.15, 0.2) is 18.3 Å². The third-order valence-electron chi connectivity index (χ3n) is 6.33. The van der Waals surface area contributed by atoms with E-state index in [1.165, 1.54) is 10.9 Å². The first-order chi connectivity index (χ1) is 14.8. The summed E-state index contributed by atoms with van der Waals surface area (Å²) in [4.78, 5) is 25.8. The number of anilines is 2. The topological polar surface area (TPSA) is 136 Å². The number of benzene rings is 1. The Labute approximate surface area is 176 Å². The summed E-state index contributed by atoms with van der Waals surface area (Å²) in [6.45, 7) is 1.13. The number of carboxylic acid groups (broad SMARTS) is 1. The lowest BCUT2D eigenvalue weighted by molar-refractivity contribution is 0.143. The molecule has 1 aliphatic carbocycles. The lowest BCUT2D eigenvalue weighted by Gasteiger charge is -2.34. The number of nitrogens with two attached hydrogens (primary N) is 2. The summed E-state index contributed by atoms with van der Waals surface area (Å²) >= 11 is 0. The van der Waals surface area contributed by atoms with Crippen molar-refractivity contribution in [1.29, 1.82) is 0 Å². The molecule has 0 saturated carbocycles. The maximum Gasteiger partial charge on any atom is 0.511 e. The van der Waals surface area contributed by atoms with E-state index in [4.69, 9.17) is 21.3 Å². The fourth-order valence-electron chi connectivity index (χ4n) is 4.85. The minimum atomic E-state index is -1.65. The molecule has 0 bridgehead atoms. The zero-order valence-electron chi connectivity index (χ0n) is 16.7. The van der Waals surface area contributed by atoms with Crippen molar-refractivity contribution in [2.24, 2.45) is 17.6 Å². The molecular weight excluding hydrogens is 409 g/mol. The van der Waals surface area contributed by atoms with Gasteiger partial charge in [0.2, 0.25) is 11.2 Å². The van der Waals surface area contributed by atoms with Gasteiger partial charge < -0.3 is 30.9 Å². The molecule has 3 unspecified atom stereocenters. The molecule has 1 aromatic heterocycles. The fourth-order valence-corrected chi connectivity index (χ4v) is 4.85. The molecule has 11 heteroatoms. The lowest BCUT2D eigenvalue weighted by Crippen LogP contribution is -2.40. The fraction of sp³-hybridized carbons (Fsp3) is 0.400. The van der Waals surface area contributed by atoms with Gasteiger partial charge in [0.1, 0.15) is 11.2 Å². The van der Waals surface area contributed by atoms with E-state index in [1.807, 2.05) is 4.90 Å². The van der Waals surface area contributed by atoms with E-state index in [1.54, 1.807) is 12.1 Å². The molecule has 1 saturated heterocycles. The van der Waals surface area contributed by atoms with Crippen molar-refractivity contribution in [2.45, 2.75) is 12.5 Å². The number of nitrogens with zero attached hydrogens (tertiary/aromatic N) is 3. The summed E-state index contributed by atoms with van der Waals surface area (Å²) in [5.74, 6) is -0.698. The Kier molecular flexibility index (Phi) is 4.26. The van der Waals surface area contributed by atoms with Crippen molar-refractivity contribution in [3.8, 4) is 11.5 Å². The van der Waals surface area contributed by atoms with Gasteiger partial charge in [-0.3, -0.25) is 14.5 Å². The highest BCUT2D eigenvalue weighted by molar-refractivity contribution is 6.01. The zero-order valence-corrected chi connectivity index (χ0v) is 16.7. The minimum absolute atomic E-state index is 0.0156. The van der Waals surface area contributed by atoms with Crippen molar-refractivity contribution in [3.63, 3.8) is 0 Å². The van der Waals surface area contributed by atoms with E-state index in [0.29, 0.717) is 13.1 Å². The smallest absolute Gasteiger partial charge is 0.467 e. The average Bonchev–Trinajstić information content (AvgIpc) is 3.15. The second-order valence-electron chi connectivity index (χ2n) is 8.16. The highest BCUT2D eigenvalue weighted by Gasteiger charge is 2.40. The Morgan fingerprint density at radius 1 is 1.39 bits per heavy atom. The summed E-state index contributed by atoms with van der Waals surface area (Å²) in [5.41, 5.74) is 11.6. The Morgan fingerprint density at radius 2 is 2.16 bits per heavy atom. The Hall–Kier alpha value is -3.47. The number of nitrogen functional groups attached to an aromatic ring is 1. The predicted octanol–water partition coefficient (Wildman–Crippen LogP) is 1.04.